The van der Waals surface area contributed by atoms with Crippen LogP contribution in [-0.2, 0) is 14.3 Å². The van der Waals surface area contributed by atoms with Crippen molar-refractivity contribution in [2.45, 2.75) is 71.1 Å². The molecule has 2 rings (SSSR count). The zero-order valence-corrected chi connectivity index (χ0v) is 17.8. The first-order chi connectivity index (χ1) is 14.1. The number of ether oxygens (including phenoxy) is 1. The van der Waals surface area contributed by atoms with E-state index in [1.54, 1.807) is 4.90 Å². The second kappa shape index (κ2) is 13.4. The molecule has 0 radical (unpaired) electrons. The van der Waals surface area contributed by atoms with Crippen LogP contribution in [-0.4, -0.2) is 55.6 Å². The van der Waals surface area contributed by atoms with Gasteiger partial charge in [-0.2, -0.15) is 0 Å². The number of hydrogen-bond acceptors (Lipinski definition) is 5. The van der Waals surface area contributed by atoms with Crippen LogP contribution in [0.15, 0.2) is 0 Å². The molecule has 2 fully saturated rings. The number of carbonyl (C=O) groups excluding carboxylic acids is 3. The Morgan fingerprint density at radius 1 is 0.931 bits per heavy atom. The van der Waals surface area contributed by atoms with Gasteiger partial charge in [0, 0.05) is 25.9 Å². The Bertz CT molecular complexity index is 515. The van der Waals surface area contributed by atoms with E-state index in [1.165, 1.54) is 0 Å². The van der Waals surface area contributed by atoms with Crippen molar-refractivity contribution in [3.8, 4) is 0 Å². The zero-order chi connectivity index (χ0) is 20.9. The Balaban J connectivity index is 1.51. The maximum atomic E-state index is 12.0. The Hall–Kier alpha value is -1.83. The Kier molecular flexibility index (Phi) is 10.8. The van der Waals surface area contributed by atoms with Gasteiger partial charge in [0.25, 0.3) is 0 Å². The SMILES string of the molecule is CCCCOC(=O)N1CCC(CCC(=O)NNC(=O)CCC2CCNCC2)CC1. The maximum Gasteiger partial charge on any atom is 0.409 e. The minimum Gasteiger partial charge on any atom is -0.449 e. The van der Waals surface area contributed by atoms with Crippen LogP contribution in [0.3, 0.4) is 0 Å². The molecule has 0 bridgehead atoms. The molecule has 0 atom stereocenters. The molecular formula is C21H38N4O4. The Morgan fingerprint density at radius 3 is 2.03 bits per heavy atom. The summed E-state index contributed by atoms with van der Waals surface area (Å²) in [6.45, 7) is 5.98. The van der Waals surface area contributed by atoms with E-state index in [2.05, 4.69) is 23.1 Å². The lowest BCUT2D eigenvalue weighted by Crippen LogP contribution is -2.42. The summed E-state index contributed by atoms with van der Waals surface area (Å²) in [5, 5.41) is 3.32. The average molecular weight is 411 g/mol. The molecule has 0 saturated carbocycles. The highest BCUT2D eigenvalue weighted by Gasteiger charge is 2.24. The topological polar surface area (TPSA) is 99.8 Å². The molecule has 2 heterocycles. The van der Waals surface area contributed by atoms with Crippen molar-refractivity contribution in [3.05, 3.63) is 0 Å². The first-order valence-corrected chi connectivity index (χ1v) is 11.3. The smallest absolute Gasteiger partial charge is 0.409 e. The highest BCUT2D eigenvalue weighted by Crippen LogP contribution is 2.22. The predicted molar refractivity (Wildman–Crippen MR) is 111 cm³/mol. The van der Waals surface area contributed by atoms with Crippen LogP contribution in [0.5, 0.6) is 0 Å². The van der Waals surface area contributed by atoms with Gasteiger partial charge in [0.05, 0.1) is 6.61 Å². The average Bonchev–Trinajstić information content (AvgIpc) is 2.76. The molecule has 0 aromatic heterocycles. The molecule has 29 heavy (non-hydrogen) atoms. The normalized spacial score (nSPS) is 18.3. The molecule has 2 saturated heterocycles. The van der Waals surface area contributed by atoms with Gasteiger partial charge >= 0.3 is 6.09 Å². The van der Waals surface area contributed by atoms with Gasteiger partial charge in [-0.3, -0.25) is 20.4 Å². The number of likely N-dealkylation sites (tertiary alicyclic amines) is 1. The van der Waals surface area contributed by atoms with E-state index in [-0.39, 0.29) is 17.9 Å². The van der Waals surface area contributed by atoms with E-state index in [0.717, 1.165) is 64.5 Å². The van der Waals surface area contributed by atoms with Gasteiger partial charge in [-0.25, -0.2) is 4.79 Å². The zero-order valence-electron chi connectivity index (χ0n) is 17.8. The number of hydrogen-bond donors (Lipinski definition) is 3. The van der Waals surface area contributed by atoms with Crippen LogP contribution in [0.4, 0.5) is 4.79 Å². The van der Waals surface area contributed by atoms with Crippen LogP contribution in [0.2, 0.25) is 0 Å². The van der Waals surface area contributed by atoms with E-state index in [1.807, 2.05) is 0 Å². The highest BCUT2D eigenvalue weighted by atomic mass is 16.6. The molecule has 3 amide bonds. The lowest BCUT2D eigenvalue weighted by molar-refractivity contribution is -0.129. The first kappa shape index (κ1) is 23.4. The largest absolute Gasteiger partial charge is 0.449 e. The van der Waals surface area contributed by atoms with Gasteiger partial charge in [-0.05, 0) is 69.9 Å². The van der Waals surface area contributed by atoms with Crippen molar-refractivity contribution in [2.24, 2.45) is 11.8 Å². The summed E-state index contributed by atoms with van der Waals surface area (Å²) in [6.07, 6.45) is 8.20. The third-order valence-electron chi connectivity index (χ3n) is 5.96. The summed E-state index contributed by atoms with van der Waals surface area (Å²) in [5.41, 5.74) is 5.06. The van der Waals surface area contributed by atoms with Crippen molar-refractivity contribution in [2.75, 3.05) is 32.8 Å². The quantitative estimate of drug-likeness (QED) is 0.400. The second-order valence-corrected chi connectivity index (χ2v) is 8.27. The molecule has 2 aliphatic heterocycles. The van der Waals surface area contributed by atoms with Gasteiger partial charge in [0.1, 0.15) is 0 Å². The molecular weight excluding hydrogens is 372 g/mol. The van der Waals surface area contributed by atoms with Crippen molar-refractivity contribution in [1.82, 2.24) is 21.1 Å². The Labute approximate surface area is 174 Å². The maximum absolute atomic E-state index is 12.0. The standard InChI is InChI=1S/C21H38N4O4/c1-2-3-16-29-21(28)25-14-10-18(11-15-25)5-7-20(27)24-23-19(26)6-4-17-8-12-22-13-9-17/h17-18,22H,2-16H2,1H3,(H,23,26)(H,24,27). The third-order valence-corrected chi connectivity index (χ3v) is 5.96. The minimum absolute atomic E-state index is 0.119. The lowest BCUT2D eigenvalue weighted by atomic mass is 9.92. The van der Waals surface area contributed by atoms with E-state index in [4.69, 9.17) is 4.74 Å². The Morgan fingerprint density at radius 2 is 1.48 bits per heavy atom. The molecule has 0 spiro atoms. The third kappa shape index (κ3) is 9.47. The summed E-state index contributed by atoms with van der Waals surface area (Å²) in [6, 6.07) is 0. The number of unbranched alkanes of at least 4 members (excludes halogenated alkanes) is 1. The fourth-order valence-electron chi connectivity index (χ4n) is 3.90. The molecule has 0 aliphatic carbocycles. The van der Waals surface area contributed by atoms with Crippen LogP contribution in [0.25, 0.3) is 0 Å². The van der Waals surface area contributed by atoms with Crippen molar-refractivity contribution in [1.29, 1.82) is 0 Å². The number of nitrogens with zero attached hydrogens (tertiary/aromatic N) is 1. The molecule has 8 heteroatoms. The van der Waals surface area contributed by atoms with Gasteiger partial charge in [-0.15, -0.1) is 0 Å². The molecule has 0 unspecified atom stereocenters. The lowest BCUT2D eigenvalue weighted by Gasteiger charge is -2.31. The summed E-state index contributed by atoms with van der Waals surface area (Å²) in [7, 11) is 0. The van der Waals surface area contributed by atoms with Crippen molar-refractivity contribution < 1.29 is 19.1 Å². The number of rotatable bonds is 9. The minimum atomic E-state index is -0.221. The first-order valence-electron chi connectivity index (χ1n) is 11.3. The number of carbonyl (C=O) groups is 3. The van der Waals surface area contributed by atoms with E-state index < -0.39 is 0 Å². The van der Waals surface area contributed by atoms with E-state index in [9.17, 15) is 14.4 Å². The van der Waals surface area contributed by atoms with Gasteiger partial charge < -0.3 is 15.0 Å². The molecule has 8 nitrogen and oxygen atoms in total. The van der Waals surface area contributed by atoms with Crippen molar-refractivity contribution >= 4 is 17.9 Å². The summed E-state index contributed by atoms with van der Waals surface area (Å²) < 4.78 is 5.25. The second-order valence-electron chi connectivity index (χ2n) is 8.27. The monoisotopic (exact) mass is 410 g/mol. The van der Waals surface area contributed by atoms with Gasteiger partial charge in [0.15, 0.2) is 0 Å². The predicted octanol–water partition coefficient (Wildman–Crippen LogP) is 2.34. The van der Waals surface area contributed by atoms with Crippen LogP contribution in [0.1, 0.15) is 71.1 Å². The number of amides is 3. The highest BCUT2D eigenvalue weighted by molar-refractivity contribution is 5.81. The van der Waals surface area contributed by atoms with E-state index >= 15 is 0 Å². The summed E-state index contributed by atoms with van der Waals surface area (Å²) in [4.78, 5) is 37.6. The fraction of sp³-hybridized carbons (Fsp3) is 0.857. The van der Waals surface area contributed by atoms with Gasteiger partial charge in [-0.1, -0.05) is 13.3 Å². The van der Waals surface area contributed by atoms with Crippen molar-refractivity contribution in [3.63, 3.8) is 0 Å². The molecule has 2 aliphatic rings. The van der Waals surface area contributed by atoms with Gasteiger partial charge in [0.2, 0.25) is 11.8 Å². The summed E-state index contributed by atoms with van der Waals surface area (Å²) in [5.74, 6) is 0.761. The van der Waals surface area contributed by atoms with Crippen LogP contribution < -0.4 is 16.2 Å². The number of hydrazine groups is 1. The van der Waals surface area contributed by atoms with Crippen LogP contribution in [0, 0.1) is 11.8 Å². The fourth-order valence-corrected chi connectivity index (χ4v) is 3.90. The van der Waals surface area contributed by atoms with Crippen LogP contribution >= 0.6 is 0 Å². The number of nitrogens with one attached hydrogen (secondary N) is 3. The van der Waals surface area contributed by atoms with E-state index in [0.29, 0.717) is 44.4 Å². The molecule has 166 valence electrons. The summed E-state index contributed by atoms with van der Waals surface area (Å²) >= 11 is 0. The molecule has 0 aromatic carbocycles. The number of piperidine rings is 2. The molecule has 3 N–H and O–H groups in total. The molecule has 0 aromatic rings.